The van der Waals surface area contributed by atoms with Crippen molar-refractivity contribution in [2.24, 2.45) is 10.9 Å². The molecule has 0 spiro atoms. The van der Waals surface area contributed by atoms with Gasteiger partial charge in [-0.3, -0.25) is 9.79 Å². The topological polar surface area (TPSA) is 38.7 Å². The average Bonchev–Trinajstić information content (AvgIpc) is 2.38. The number of hydrogen-bond donors (Lipinski definition) is 0. The molecule has 1 rings (SSSR count). The van der Waals surface area contributed by atoms with Crippen LogP contribution in [0.4, 0.5) is 0 Å². The molecule has 1 aliphatic rings. The molecular formula is C14H23NO2. The van der Waals surface area contributed by atoms with Gasteiger partial charge in [0.15, 0.2) is 0 Å². The lowest BCUT2D eigenvalue weighted by atomic mass is 10.1. The van der Waals surface area contributed by atoms with Gasteiger partial charge in [0.2, 0.25) is 0 Å². The number of unbranched alkanes of at least 4 members (excludes halogenated alkanes) is 5. The first kappa shape index (κ1) is 13.9. The number of allylic oxidation sites excluding steroid dienone is 1. The van der Waals surface area contributed by atoms with Crippen molar-refractivity contribution in [3.8, 4) is 0 Å². The molecule has 1 atom stereocenters. The molecule has 1 aliphatic heterocycles. The molecule has 96 valence electrons. The van der Waals surface area contributed by atoms with Crippen molar-refractivity contribution in [2.75, 3.05) is 13.2 Å². The average molecular weight is 237 g/mol. The SMILES string of the molecule is CCCCCCCCOC(=O)C1C=CC=NC1. The highest BCUT2D eigenvalue weighted by Crippen LogP contribution is 2.08. The van der Waals surface area contributed by atoms with Gasteiger partial charge in [-0.25, -0.2) is 0 Å². The summed E-state index contributed by atoms with van der Waals surface area (Å²) in [5.41, 5.74) is 0. The van der Waals surface area contributed by atoms with Crippen molar-refractivity contribution >= 4 is 12.2 Å². The molecule has 0 aromatic rings. The molecule has 0 fully saturated rings. The second-order valence-electron chi connectivity index (χ2n) is 4.44. The Hall–Kier alpha value is -1.12. The highest BCUT2D eigenvalue weighted by atomic mass is 16.5. The lowest BCUT2D eigenvalue weighted by Crippen LogP contribution is -2.20. The highest BCUT2D eigenvalue weighted by molar-refractivity contribution is 5.80. The molecule has 1 unspecified atom stereocenters. The van der Waals surface area contributed by atoms with Gasteiger partial charge in [0.1, 0.15) is 0 Å². The zero-order valence-electron chi connectivity index (χ0n) is 10.7. The number of ether oxygens (including phenoxy) is 1. The quantitative estimate of drug-likeness (QED) is 0.480. The van der Waals surface area contributed by atoms with E-state index >= 15 is 0 Å². The maximum atomic E-state index is 11.6. The standard InChI is InChI=1S/C14H23NO2/c1-2-3-4-5-6-7-11-17-14(16)13-9-8-10-15-12-13/h8-10,13H,2-7,11-12H2,1H3. The lowest BCUT2D eigenvalue weighted by Gasteiger charge is -2.11. The van der Waals surface area contributed by atoms with Crippen LogP contribution in [0.5, 0.6) is 0 Å². The van der Waals surface area contributed by atoms with Crippen molar-refractivity contribution in [1.82, 2.24) is 0 Å². The van der Waals surface area contributed by atoms with E-state index in [1.54, 1.807) is 12.3 Å². The fraction of sp³-hybridized carbons (Fsp3) is 0.714. The van der Waals surface area contributed by atoms with Gasteiger partial charge in [-0.1, -0.05) is 45.1 Å². The molecule has 0 N–H and O–H groups in total. The van der Waals surface area contributed by atoms with E-state index in [4.69, 9.17) is 4.74 Å². The van der Waals surface area contributed by atoms with Crippen LogP contribution in [0, 0.1) is 5.92 Å². The first-order valence-corrected chi connectivity index (χ1v) is 6.68. The summed E-state index contributed by atoms with van der Waals surface area (Å²) in [6.45, 7) is 3.30. The number of carbonyl (C=O) groups is 1. The molecule has 0 radical (unpaired) electrons. The second kappa shape index (κ2) is 8.97. The zero-order chi connectivity index (χ0) is 12.3. The summed E-state index contributed by atoms with van der Waals surface area (Å²) in [6.07, 6.45) is 12.6. The summed E-state index contributed by atoms with van der Waals surface area (Å²) in [5.74, 6) is -0.299. The highest BCUT2D eigenvalue weighted by Gasteiger charge is 2.17. The molecule has 0 aromatic heterocycles. The van der Waals surface area contributed by atoms with Crippen LogP contribution in [0.3, 0.4) is 0 Å². The Balaban J connectivity index is 1.97. The molecule has 0 aromatic carbocycles. The molecule has 3 nitrogen and oxygen atoms in total. The van der Waals surface area contributed by atoms with Crippen LogP contribution in [0.15, 0.2) is 17.1 Å². The summed E-state index contributed by atoms with van der Waals surface area (Å²) < 4.78 is 5.22. The van der Waals surface area contributed by atoms with Gasteiger partial charge in [0.25, 0.3) is 0 Å². The van der Waals surface area contributed by atoms with Crippen LogP contribution in [0.25, 0.3) is 0 Å². The normalized spacial score (nSPS) is 18.3. The molecule has 0 amide bonds. The molecule has 0 saturated carbocycles. The van der Waals surface area contributed by atoms with E-state index in [1.807, 2.05) is 6.08 Å². The van der Waals surface area contributed by atoms with Gasteiger partial charge >= 0.3 is 5.97 Å². The minimum atomic E-state index is -0.167. The minimum Gasteiger partial charge on any atom is -0.465 e. The van der Waals surface area contributed by atoms with Crippen molar-refractivity contribution < 1.29 is 9.53 Å². The van der Waals surface area contributed by atoms with E-state index in [0.29, 0.717) is 13.2 Å². The largest absolute Gasteiger partial charge is 0.465 e. The first-order chi connectivity index (χ1) is 8.34. The third-order valence-electron chi connectivity index (χ3n) is 2.88. The molecule has 3 heteroatoms. The van der Waals surface area contributed by atoms with Gasteiger partial charge in [0.05, 0.1) is 19.1 Å². The fourth-order valence-electron chi connectivity index (χ4n) is 1.80. The summed E-state index contributed by atoms with van der Waals surface area (Å²) >= 11 is 0. The molecule has 0 aliphatic carbocycles. The van der Waals surface area contributed by atoms with Crippen LogP contribution < -0.4 is 0 Å². The van der Waals surface area contributed by atoms with Gasteiger partial charge < -0.3 is 4.74 Å². The van der Waals surface area contributed by atoms with Crippen molar-refractivity contribution in [3.63, 3.8) is 0 Å². The Labute approximate surface area is 104 Å². The Kier molecular flexibility index (Phi) is 7.35. The number of hydrogen-bond acceptors (Lipinski definition) is 3. The van der Waals surface area contributed by atoms with E-state index in [0.717, 1.165) is 12.8 Å². The number of carbonyl (C=O) groups excluding carboxylic acids is 1. The summed E-state index contributed by atoms with van der Waals surface area (Å²) in [5, 5.41) is 0. The van der Waals surface area contributed by atoms with Gasteiger partial charge in [-0.05, 0) is 12.5 Å². The lowest BCUT2D eigenvalue weighted by molar-refractivity contribution is -0.146. The third kappa shape index (κ3) is 6.25. The summed E-state index contributed by atoms with van der Waals surface area (Å²) in [4.78, 5) is 15.6. The van der Waals surface area contributed by atoms with E-state index in [1.165, 1.54) is 25.7 Å². The molecule has 0 saturated heterocycles. The van der Waals surface area contributed by atoms with Crippen molar-refractivity contribution in [3.05, 3.63) is 12.2 Å². The van der Waals surface area contributed by atoms with E-state index in [9.17, 15) is 4.79 Å². The van der Waals surface area contributed by atoms with Crippen molar-refractivity contribution in [1.29, 1.82) is 0 Å². The van der Waals surface area contributed by atoms with E-state index < -0.39 is 0 Å². The predicted molar refractivity (Wildman–Crippen MR) is 70.3 cm³/mol. The Bertz CT molecular complexity index is 271. The number of nitrogens with zero attached hydrogens (tertiary/aromatic N) is 1. The second-order valence-corrected chi connectivity index (χ2v) is 4.44. The van der Waals surface area contributed by atoms with Gasteiger partial charge in [0, 0.05) is 6.21 Å². The molecule has 1 heterocycles. The maximum absolute atomic E-state index is 11.6. The van der Waals surface area contributed by atoms with E-state index in [2.05, 4.69) is 11.9 Å². The summed E-state index contributed by atoms with van der Waals surface area (Å²) in [7, 11) is 0. The van der Waals surface area contributed by atoms with Crippen LogP contribution in [0.2, 0.25) is 0 Å². The smallest absolute Gasteiger partial charge is 0.314 e. The first-order valence-electron chi connectivity index (χ1n) is 6.68. The van der Waals surface area contributed by atoms with Crippen LogP contribution in [-0.2, 0) is 9.53 Å². The number of rotatable bonds is 8. The Morgan fingerprint density at radius 2 is 2.06 bits per heavy atom. The van der Waals surface area contributed by atoms with Gasteiger partial charge in [-0.2, -0.15) is 0 Å². The zero-order valence-corrected chi connectivity index (χ0v) is 10.7. The summed E-state index contributed by atoms with van der Waals surface area (Å²) in [6, 6.07) is 0. The number of aliphatic imine (C=N–C) groups is 1. The Morgan fingerprint density at radius 1 is 1.29 bits per heavy atom. The number of dihydropyridines is 1. The van der Waals surface area contributed by atoms with E-state index in [-0.39, 0.29) is 11.9 Å². The molecule has 17 heavy (non-hydrogen) atoms. The third-order valence-corrected chi connectivity index (χ3v) is 2.88. The number of esters is 1. The molecule has 0 bridgehead atoms. The van der Waals surface area contributed by atoms with Crippen LogP contribution in [-0.4, -0.2) is 25.3 Å². The van der Waals surface area contributed by atoms with Crippen LogP contribution in [0.1, 0.15) is 45.4 Å². The monoisotopic (exact) mass is 237 g/mol. The minimum absolute atomic E-state index is 0.133. The predicted octanol–water partition coefficient (Wildman–Crippen LogP) is 3.15. The molecular weight excluding hydrogens is 214 g/mol. The van der Waals surface area contributed by atoms with Crippen LogP contribution >= 0.6 is 0 Å². The van der Waals surface area contributed by atoms with Crippen molar-refractivity contribution in [2.45, 2.75) is 45.4 Å². The van der Waals surface area contributed by atoms with Gasteiger partial charge in [-0.15, -0.1) is 0 Å². The maximum Gasteiger partial charge on any atom is 0.314 e. The Morgan fingerprint density at radius 3 is 2.76 bits per heavy atom. The fourth-order valence-corrected chi connectivity index (χ4v) is 1.80.